The van der Waals surface area contributed by atoms with Crippen LogP contribution in [0.3, 0.4) is 0 Å². The van der Waals surface area contributed by atoms with Crippen LogP contribution in [0, 0.1) is 5.92 Å². The molecule has 184 valence electrons. The highest BCUT2D eigenvalue weighted by molar-refractivity contribution is 5.89. The maximum absolute atomic E-state index is 12.0. The van der Waals surface area contributed by atoms with Crippen molar-refractivity contribution in [2.24, 2.45) is 11.7 Å². The summed E-state index contributed by atoms with van der Waals surface area (Å²) in [6.07, 6.45) is 3.92. The van der Waals surface area contributed by atoms with Gasteiger partial charge in [-0.05, 0) is 67.1 Å². The molecule has 4 N–H and O–H groups in total. The Morgan fingerprint density at radius 2 is 2.00 bits per heavy atom. The number of nitrogens with two attached hydrogens (primary N) is 1. The average Bonchev–Trinajstić information content (AvgIpc) is 3.42. The Morgan fingerprint density at radius 3 is 2.69 bits per heavy atom. The van der Waals surface area contributed by atoms with Crippen LogP contribution in [0.25, 0.3) is 0 Å². The lowest BCUT2D eigenvalue weighted by atomic mass is 9.97. The lowest BCUT2D eigenvalue weighted by Crippen LogP contribution is -2.34. The van der Waals surface area contributed by atoms with E-state index in [9.17, 15) is 4.79 Å². The minimum atomic E-state index is -0.208. The Balaban J connectivity index is 1.32. The third-order valence-electron chi connectivity index (χ3n) is 6.38. The van der Waals surface area contributed by atoms with Crippen molar-refractivity contribution in [3.63, 3.8) is 0 Å². The van der Waals surface area contributed by atoms with Crippen LogP contribution >= 0.6 is 0 Å². The molecule has 0 spiro atoms. The number of nitrogens with zero attached hydrogens (tertiary/aromatic N) is 5. The molecule has 2 amide bonds. The van der Waals surface area contributed by atoms with E-state index < -0.39 is 0 Å². The van der Waals surface area contributed by atoms with Gasteiger partial charge in [-0.15, -0.1) is 10.2 Å². The number of fused-ring (bicyclic) bond motifs is 1. The van der Waals surface area contributed by atoms with Crippen LogP contribution in [0.4, 0.5) is 16.2 Å². The smallest absolute Gasteiger partial charge is 0.319 e. The molecule has 2 aromatic carbocycles. The van der Waals surface area contributed by atoms with Gasteiger partial charge in [-0.1, -0.05) is 18.2 Å². The van der Waals surface area contributed by atoms with E-state index in [1.807, 2.05) is 32.0 Å². The Hall–Kier alpha value is -3.66. The first kappa shape index (κ1) is 23.1. The molecule has 1 aromatic heterocycles. The van der Waals surface area contributed by atoms with Crippen molar-refractivity contribution in [2.45, 2.75) is 51.4 Å². The number of benzene rings is 2. The maximum atomic E-state index is 12.0. The summed E-state index contributed by atoms with van der Waals surface area (Å²) in [5, 5.41) is 17.3. The summed E-state index contributed by atoms with van der Waals surface area (Å²) in [6.45, 7) is 5.81. The van der Waals surface area contributed by atoms with E-state index in [4.69, 9.17) is 10.5 Å². The number of tetrazole rings is 1. The monoisotopic (exact) mass is 476 g/mol. The maximum Gasteiger partial charge on any atom is 0.319 e. The van der Waals surface area contributed by atoms with Crippen LogP contribution < -0.4 is 26.0 Å². The zero-order chi connectivity index (χ0) is 24.4. The van der Waals surface area contributed by atoms with Gasteiger partial charge in [0.25, 0.3) is 0 Å². The first-order valence-electron chi connectivity index (χ1n) is 12.1. The topological polar surface area (TPSA) is 123 Å². The number of carbonyl (C=O) groups is 1. The molecule has 10 heteroatoms. The normalized spacial score (nSPS) is 19.0. The number of aromatic nitrogens is 4. The highest BCUT2D eigenvalue weighted by Crippen LogP contribution is 2.49. The first-order valence-corrected chi connectivity index (χ1v) is 12.1. The van der Waals surface area contributed by atoms with Crippen molar-refractivity contribution < 1.29 is 9.53 Å². The van der Waals surface area contributed by atoms with Crippen molar-refractivity contribution in [1.82, 2.24) is 25.5 Å². The molecule has 1 saturated carbocycles. The van der Waals surface area contributed by atoms with Gasteiger partial charge in [0, 0.05) is 30.0 Å². The fourth-order valence-electron chi connectivity index (χ4n) is 4.56. The Labute approximate surface area is 204 Å². The molecule has 1 aliphatic heterocycles. The van der Waals surface area contributed by atoms with Crippen molar-refractivity contribution in [2.75, 3.05) is 23.4 Å². The Kier molecular flexibility index (Phi) is 6.54. The average molecular weight is 477 g/mol. The summed E-state index contributed by atoms with van der Waals surface area (Å²) < 4.78 is 5.99. The van der Waals surface area contributed by atoms with Gasteiger partial charge in [0.2, 0.25) is 0 Å². The SMILES string of the molecule is CC(C)NC(=O)Nc1ccc(C2C(N)c3ccc(OCCn4ncnn4)cc3N2CC2CC2)cc1. The minimum Gasteiger partial charge on any atom is -0.492 e. The van der Waals surface area contributed by atoms with E-state index in [0.29, 0.717) is 19.1 Å². The lowest BCUT2D eigenvalue weighted by Gasteiger charge is -2.30. The van der Waals surface area contributed by atoms with Gasteiger partial charge in [-0.2, -0.15) is 4.80 Å². The van der Waals surface area contributed by atoms with Gasteiger partial charge in [-0.3, -0.25) is 0 Å². The molecule has 35 heavy (non-hydrogen) atoms. The van der Waals surface area contributed by atoms with Gasteiger partial charge < -0.3 is 26.0 Å². The van der Waals surface area contributed by atoms with Crippen LogP contribution in [-0.2, 0) is 6.54 Å². The van der Waals surface area contributed by atoms with E-state index in [1.165, 1.54) is 24.0 Å². The summed E-state index contributed by atoms with van der Waals surface area (Å²) in [4.78, 5) is 16.0. The number of hydrogen-bond donors (Lipinski definition) is 3. The van der Waals surface area contributed by atoms with E-state index in [2.05, 4.69) is 55.2 Å². The number of hydrogen-bond acceptors (Lipinski definition) is 7. The largest absolute Gasteiger partial charge is 0.492 e. The minimum absolute atomic E-state index is 0.0266. The third-order valence-corrected chi connectivity index (χ3v) is 6.38. The fraction of sp³-hybridized carbons (Fsp3) is 0.440. The second-order valence-electron chi connectivity index (χ2n) is 9.54. The predicted molar refractivity (Wildman–Crippen MR) is 133 cm³/mol. The molecule has 2 atom stereocenters. The van der Waals surface area contributed by atoms with Gasteiger partial charge in [0.1, 0.15) is 12.4 Å². The molecule has 5 rings (SSSR count). The number of nitrogens with one attached hydrogen (secondary N) is 2. The fourth-order valence-corrected chi connectivity index (χ4v) is 4.56. The summed E-state index contributed by atoms with van der Waals surface area (Å²) in [5.74, 6) is 1.49. The quantitative estimate of drug-likeness (QED) is 0.433. The predicted octanol–water partition coefficient (Wildman–Crippen LogP) is 3.25. The lowest BCUT2D eigenvalue weighted by molar-refractivity contribution is 0.250. The van der Waals surface area contributed by atoms with Crippen molar-refractivity contribution in [3.05, 3.63) is 59.9 Å². The molecule has 1 fully saturated rings. The number of carbonyl (C=O) groups excluding carboxylic acids is 1. The van der Waals surface area contributed by atoms with Crippen LogP contribution in [0.5, 0.6) is 5.75 Å². The molecule has 0 saturated heterocycles. The molecule has 2 aliphatic rings. The van der Waals surface area contributed by atoms with E-state index >= 15 is 0 Å². The summed E-state index contributed by atoms with van der Waals surface area (Å²) >= 11 is 0. The second kappa shape index (κ2) is 9.91. The Morgan fingerprint density at radius 1 is 1.20 bits per heavy atom. The van der Waals surface area contributed by atoms with Crippen LogP contribution in [0.2, 0.25) is 0 Å². The summed E-state index contributed by atoms with van der Waals surface area (Å²) in [7, 11) is 0. The molecular formula is C25H32N8O2. The van der Waals surface area contributed by atoms with Gasteiger partial charge in [-0.25, -0.2) is 4.79 Å². The molecular weight excluding hydrogens is 444 g/mol. The number of anilines is 2. The number of amides is 2. The highest BCUT2D eigenvalue weighted by atomic mass is 16.5. The van der Waals surface area contributed by atoms with Gasteiger partial charge in [0.15, 0.2) is 6.33 Å². The molecule has 0 bridgehead atoms. The Bertz CT molecular complexity index is 1140. The molecule has 2 unspecified atom stereocenters. The molecule has 3 aromatic rings. The van der Waals surface area contributed by atoms with Crippen LogP contribution in [0.1, 0.15) is 49.9 Å². The van der Waals surface area contributed by atoms with E-state index in [0.717, 1.165) is 34.8 Å². The molecule has 0 radical (unpaired) electrons. The molecule has 1 aliphatic carbocycles. The standard InChI is InChI=1S/C25H32N8O2/c1-16(2)29-25(34)30-19-7-5-18(6-8-19)24-23(26)21-10-9-20(35-12-11-33-28-15-27-31-33)13-22(21)32(24)14-17-3-4-17/h5-10,13,15-17,23-24H,3-4,11-12,14,26H2,1-2H3,(H2,29,30,34). The van der Waals surface area contributed by atoms with Crippen molar-refractivity contribution in [1.29, 1.82) is 0 Å². The van der Waals surface area contributed by atoms with Gasteiger partial charge in [0.05, 0.1) is 18.6 Å². The van der Waals surface area contributed by atoms with Crippen molar-refractivity contribution >= 4 is 17.4 Å². The zero-order valence-electron chi connectivity index (χ0n) is 20.1. The molecule has 10 nitrogen and oxygen atoms in total. The van der Waals surface area contributed by atoms with E-state index in [-0.39, 0.29) is 24.2 Å². The van der Waals surface area contributed by atoms with Gasteiger partial charge >= 0.3 is 6.03 Å². The number of rotatable bonds is 9. The second-order valence-corrected chi connectivity index (χ2v) is 9.54. The van der Waals surface area contributed by atoms with Crippen molar-refractivity contribution in [3.8, 4) is 5.75 Å². The number of ether oxygens (including phenoxy) is 1. The van der Waals surface area contributed by atoms with Crippen LogP contribution in [-0.4, -0.2) is 45.4 Å². The van der Waals surface area contributed by atoms with Crippen LogP contribution in [0.15, 0.2) is 48.8 Å². The molecule has 2 heterocycles. The van der Waals surface area contributed by atoms with E-state index in [1.54, 1.807) is 0 Å². The summed E-state index contributed by atoms with van der Waals surface area (Å²) in [6, 6.07) is 13.9. The highest BCUT2D eigenvalue weighted by Gasteiger charge is 2.40. The number of urea groups is 1. The zero-order valence-corrected chi connectivity index (χ0v) is 20.1. The first-order chi connectivity index (χ1) is 17.0. The third kappa shape index (κ3) is 5.37. The summed E-state index contributed by atoms with van der Waals surface area (Å²) in [5.41, 5.74) is 10.9.